The molecule has 3 aromatic rings. The fraction of sp³-hybridized carbons (Fsp3) is 0.238. The molecule has 0 unspecified atom stereocenters. The van der Waals surface area contributed by atoms with Crippen molar-refractivity contribution in [2.75, 3.05) is 18.1 Å². The van der Waals surface area contributed by atoms with Crippen LogP contribution in [0.1, 0.15) is 22.9 Å². The third-order valence-electron chi connectivity index (χ3n) is 4.75. The largest absolute Gasteiger partial charge is 0.418 e. The molecule has 1 aliphatic heterocycles. The zero-order valence-corrected chi connectivity index (χ0v) is 14.8. The molecule has 0 amide bonds. The number of benzene rings is 2. The molecule has 0 bridgehead atoms. The number of nitrogens with zero attached hydrogens (tertiary/aromatic N) is 2. The molecule has 2 aromatic carbocycles. The third-order valence-corrected chi connectivity index (χ3v) is 4.75. The molecule has 1 aliphatic rings. The number of rotatable bonds is 3. The summed E-state index contributed by atoms with van der Waals surface area (Å²) in [5, 5.41) is 0. The third kappa shape index (κ3) is 3.45. The molecule has 0 aliphatic carbocycles. The minimum Gasteiger partial charge on any atom is -0.352 e. The fourth-order valence-corrected chi connectivity index (χ4v) is 3.39. The number of halogens is 3. The van der Waals surface area contributed by atoms with Crippen molar-refractivity contribution in [3.8, 4) is 5.69 Å². The first-order valence-electron chi connectivity index (χ1n) is 8.73. The van der Waals surface area contributed by atoms with Gasteiger partial charge in [0.15, 0.2) is 6.23 Å². The number of alkyl halides is 3. The van der Waals surface area contributed by atoms with E-state index < -0.39 is 11.7 Å². The first-order chi connectivity index (χ1) is 12.9. The molecule has 2 heterocycles. The van der Waals surface area contributed by atoms with E-state index in [1.165, 1.54) is 22.3 Å². The van der Waals surface area contributed by atoms with Crippen molar-refractivity contribution < 1.29 is 17.9 Å². The van der Waals surface area contributed by atoms with Gasteiger partial charge in [-0.25, -0.2) is 0 Å². The average Bonchev–Trinajstić information content (AvgIpc) is 3.31. The SMILES string of the molecule is Cc1ccc(N2CCO[C@H]2c2ccn(-c3ccccc3C(F)(F)F)c2)cc1. The smallest absolute Gasteiger partial charge is 0.352 e. The van der Waals surface area contributed by atoms with Crippen molar-refractivity contribution in [2.45, 2.75) is 19.3 Å². The quantitative estimate of drug-likeness (QED) is 0.617. The molecule has 27 heavy (non-hydrogen) atoms. The van der Waals surface area contributed by atoms with Gasteiger partial charge in [0.25, 0.3) is 0 Å². The van der Waals surface area contributed by atoms with Crippen molar-refractivity contribution in [1.82, 2.24) is 4.57 Å². The van der Waals surface area contributed by atoms with Gasteiger partial charge in [-0.3, -0.25) is 0 Å². The van der Waals surface area contributed by atoms with Crippen LogP contribution in [-0.2, 0) is 10.9 Å². The van der Waals surface area contributed by atoms with Gasteiger partial charge >= 0.3 is 6.18 Å². The maximum atomic E-state index is 13.3. The van der Waals surface area contributed by atoms with E-state index in [9.17, 15) is 13.2 Å². The number of aromatic nitrogens is 1. The Hall–Kier alpha value is -2.73. The van der Waals surface area contributed by atoms with Gasteiger partial charge in [0.05, 0.1) is 17.9 Å². The number of ether oxygens (including phenoxy) is 1. The maximum absolute atomic E-state index is 13.3. The van der Waals surface area contributed by atoms with Crippen LogP contribution in [0, 0.1) is 6.92 Å². The molecule has 0 saturated carbocycles. The molecule has 140 valence electrons. The van der Waals surface area contributed by atoms with E-state index in [1.54, 1.807) is 18.5 Å². The van der Waals surface area contributed by atoms with Crippen molar-refractivity contribution in [2.24, 2.45) is 0 Å². The molecule has 1 saturated heterocycles. The van der Waals surface area contributed by atoms with Crippen LogP contribution in [0.4, 0.5) is 18.9 Å². The number of para-hydroxylation sites is 1. The standard InChI is InChI=1S/C21H19F3N2O/c1-15-6-8-17(9-7-15)26-12-13-27-20(26)16-10-11-25(14-16)19-5-3-2-4-18(19)21(22,23)24/h2-11,14,20H,12-13H2,1H3/t20-/m0/s1. The Kier molecular flexibility index (Phi) is 4.44. The van der Waals surface area contributed by atoms with Crippen LogP contribution in [0.25, 0.3) is 5.69 Å². The Morgan fingerprint density at radius 2 is 1.74 bits per heavy atom. The lowest BCUT2D eigenvalue weighted by molar-refractivity contribution is -0.137. The summed E-state index contributed by atoms with van der Waals surface area (Å²) in [6.45, 7) is 3.33. The van der Waals surface area contributed by atoms with Crippen molar-refractivity contribution in [3.05, 3.63) is 83.7 Å². The van der Waals surface area contributed by atoms with Gasteiger partial charge in [-0.15, -0.1) is 0 Å². The van der Waals surface area contributed by atoms with E-state index in [-0.39, 0.29) is 11.9 Å². The average molecular weight is 372 g/mol. The summed E-state index contributed by atoms with van der Waals surface area (Å²) in [5.74, 6) is 0. The first kappa shape index (κ1) is 17.7. The molecule has 0 radical (unpaired) electrons. The molecule has 0 N–H and O–H groups in total. The van der Waals surface area contributed by atoms with Crippen LogP contribution in [0.3, 0.4) is 0 Å². The number of anilines is 1. The van der Waals surface area contributed by atoms with E-state index in [2.05, 4.69) is 4.90 Å². The summed E-state index contributed by atoms with van der Waals surface area (Å²) in [6.07, 6.45) is -1.36. The normalized spacial score (nSPS) is 17.5. The van der Waals surface area contributed by atoms with Gasteiger partial charge in [0.1, 0.15) is 0 Å². The minimum absolute atomic E-state index is 0.108. The van der Waals surface area contributed by atoms with E-state index in [0.717, 1.165) is 23.9 Å². The molecule has 0 spiro atoms. The van der Waals surface area contributed by atoms with Crippen molar-refractivity contribution in [3.63, 3.8) is 0 Å². The second kappa shape index (κ2) is 6.78. The highest BCUT2D eigenvalue weighted by atomic mass is 19.4. The zero-order chi connectivity index (χ0) is 19.0. The van der Waals surface area contributed by atoms with E-state index >= 15 is 0 Å². The van der Waals surface area contributed by atoms with Crippen molar-refractivity contribution in [1.29, 1.82) is 0 Å². The van der Waals surface area contributed by atoms with Gasteiger partial charge in [-0.2, -0.15) is 13.2 Å². The topological polar surface area (TPSA) is 17.4 Å². The monoisotopic (exact) mass is 372 g/mol. The molecule has 4 rings (SSSR count). The molecule has 1 fully saturated rings. The summed E-state index contributed by atoms with van der Waals surface area (Å²) in [4.78, 5) is 2.12. The molecular formula is C21H19F3N2O. The van der Waals surface area contributed by atoms with Gasteiger partial charge in [0, 0.05) is 30.2 Å². The molecule has 1 aromatic heterocycles. The Bertz CT molecular complexity index is 931. The Labute approximate surface area is 155 Å². The number of hydrogen-bond donors (Lipinski definition) is 0. The predicted octanol–water partition coefficient (Wildman–Crippen LogP) is 5.34. The van der Waals surface area contributed by atoms with Crippen LogP contribution in [-0.4, -0.2) is 17.7 Å². The van der Waals surface area contributed by atoms with Crippen LogP contribution >= 0.6 is 0 Å². The van der Waals surface area contributed by atoms with Crippen LogP contribution < -0.4 is 4.90 Å². The fourth-order valence-electron chi connectivity index (χ4n) is 3.39. The number of hydrogen-bond acceptors (Lipinski definition) is 2. The summed E-state index contributed by atoms with van der Waals surface area (Å²) >= 11 is 0. The molecule has 6 heteroatoms. The highest BCUT2D eigenvalue weighted by Crippen LogP contribution is 2.36. The molecular weight excluding hydrogens is 353 g/mol. The lowest BCUT2D eigenvalue weighted by Gasteiger charge is -2.24. The van der Waals surface area contributed by atoms with E-state index in [0.29, 0.717) is 6.61 Å². The van der Waals surface area contributed by atoms with Gasteiger partial charge < -0.3 is 14.2 Å². The molecule has 1 atom stereocenters. The Balaban J connectivity index is 1.66. The summed E-state index contributed by atoms with van der Waals surface area (Å²) in [7, 11) is 0. The lowest BCUT2D eigenvalue weighted by Crippen LogP contribution is -2.22. The van der Waals surface area contributed by atoms with E-state index in [4.69, 9.17) is 4.74 Å². The Morgan fingerprint density at radius 3 is 2.48 bits per heavy atom. The van der Waals surface area contributed by atoms with Gasteiger partial charge in [0.2, 0.25) is 0 Å². The second-order valence-corrected chi connectivity index (χ2v) is 6.62. The van der Waals surface area contributed by atoms with Crippen LogP contribution in [0.15, 0.2) is 67.0 Å². The highest BCUT2D eigenvalue weighted by Gasteiger charge is 2.34. The van der Waals surface area contributed by atoms with Crippen LogP contribution in [0.2, 0.25) is 0 Å². The Morgan fingerprint density at radius 1 is 1.00 bits per heavy atom. The highest BCUT2D eigenvalue weighted by molar-refractivity contribution is 5.51. The summed E-state index contributed by atoms with van der Waals surface area (Å²) in [5.41, 5.74) is 2.48. The zero-order valence-electron chi connectivity index (χ0n) is 14.8. The predicted molar refractivity (Wildman–Crippen MR) is 98.0 cm³/mol. The summed E-state index contributed by atoms with van der Waals surface area (Å²) < 4.78 is 47.3. The maximum Gasteiger partial charge on any atom is 0.418 e. The van der Waals surface area contributed by atoms with E-state index in [1.807, 2.05) is 37.3 Å². The lowest BCUT2D eigenvalue weighted by atomic mass is 10.1. The van der Waals surface area contributed by atoms with Crippen LogP contribution in [0.5, 0.6) is 0 Å². The first-order valence-corrected chi connectivity index (χ1v) is 8.73. The molecule has 3 nitrogen and oxygen atoms in total. The van der Waals surface area contributed by atoms with Gasteiger partial charge in [-0.05, 0) is 37.3 Å². The second-order valence-electron chi connectivity index (χ2n) is 6.62. The van der Waals surface area contributed by atoms with Crippen molar-refractivity contribution >= 4 is 5.69 Å². The van der Waals surface area contributed by atoms with Gasteiger partial charge in [-0.1, -0.05) is 29.8 Å². The minimum atomic E-state index is -4.40. The summed E-state index contributed by atoms with van der Waals surface area (Å²) in [6, 6.07) is 15.5. The number of aryl methyl sites for hydroxylation is 1.